The molecule has 5 rings (SSSR count). The van der Waals surface area contributed by atoms with Gasteiger partial charge in [-0.2, -0.15) is 5.21 Å². The fourth-order valence-electron chi connectivity index (χ4n) is 4.20. The zero-order valence-electron chi connectivity index (χ0n) is 18.7. The van der Waals surface area contributed by atoms with Crippen LogP contribution in [0.4, 0.5) is 0 Å². The highest BCUT2D eigenvalue weighted by atomic mass is 16.3. The summed E-state index contributed by atoms with van der Waals surface area (Å²) < 4.78 is 2.02. The maximum atomic E-state index is 11.4. The highest BCUT2D eigenvalue weighted by molar-refractivity contribution is 5.81. The number of H-pyrrole nitrogens is 1. The molecule has 2 N–H and O–H groups in total. The van der Waals surface area contributed by atoms with Crippen molar-refractivity contribution >= 4 is 5.65 Å². The second kappa shape index (κ2) is 8.96. The average Bonchev–Trinajstić information content (AvgIpc) is 3.54. The Morgan fingerprint density at radius 3 is 2.64 bits per heavy atom. The van der Waals surface area contributed by atoms with Gasteiger partial charge in [-0.1, -0.05) is 61.9 Å². The molecule has 0 fully saturated rings. The zero-order chi connectivity index (χ0) is 22.8. The second-order valence-electron chi connectivity index (χ2n) is 8.28. The number of nitrogens with zero attached hydrogens (tertiary/aromatic N) is 5. The molecule has 1 atom stereocenters. The van der Waals surface area contributed by atoms with Crippen LogP contribution in [-0.4, -0.2) is 35.1 Å². The van der Waals surface area contributed by atoms with Crippen LogP contribution in [0.2, 0.25) is 0 Å². The SMILES string of the molecule is CCCCc1cn2c(C(O)c3ccc(-c4ccccc4)c(-c4nn[nH]n4)c3)ccc(C)c2n1. The van der Waals surface area contributed by atoms with Crippen molar-refractivity contribution < 1.29 is 5.11 Å². The Bertz CT molecular complexity index is 1380. The molecular weight excluding hydrogens is 412 g/mol. The lowest BCUT2D eigenvalue weighted by molar-refractivity contribution is 0.214. The third kappa shape index (κ3) is 4.03. The third-order valence-electron chi connectivity index (χ3n) is 5.99. The lowest BCUT2D eigenvalue weighted by atomic mass is 9.94. The number of nitrogens with one attached hydrogen (secondary N) is 1. The predicted octanol–water partition coefficient (Wildman–Crippen LogP) is 4.91. The first-order valence-corrected chi connectivity index (χ1v) is 11.2. The average molecular weight is 439 g/mol. The van der Waals surface area contributed by atoms with Gasteiger partial charge in [0.25, 0.3) is 0 Å². The highest BCUT2D eigenvalue weighted by Crippen LogP contribution is 2.34. The van der Waals surface area contributed by atoms with Crippen LogP contribution in [0.25, 0.3) is 28.2 Å². The van der Waals surface area contributed by atoms with Crippen LogP contribution >= 0.6 is 0 Å². The molecule has 0 bridgehead atoms. The minimum atomic E-state index is -0.836. The molecular formula is C26H26N6O. The first-order valence-electron chi connectivity index (χ1n) is 11.2. The largest absolute Gasteiger partial charge is 0.382 e. The van der Waals surface area contributed by atoms with Crippen LogP contribution < -0.4 is 0 Å². The molecule has 7 nitrogen and oxygen atoms in total. The lowest BCUT2D eigenvalue weighted by Gasteiger charge is -2.17. The number of tetrazole rings is 1. The number of hydrogen-bond acceptors (Lipinski definition) is 5. The van der Waals surface area contributed by atoms with E-state index in [9.17, 15) is 5.11 Å². The topological polar surface area (TPSA) is 92.0 Å². The van der Waals surface area contributed by atoms with Crippen molar-refractivity contribution in [2.75, 3.05) is 0 Å². The Morgan fingerprint density at radius 1 is 1.03 bits per heavy atom. The van der Waals surface area contributed by atoms with E-state index >= 15 is 0 Å². The van der Waals surface area contributed by atoms with E-state index in [-0.39, 0.29) is 0 Å². The van der Waals surface area contributed by atoms with Crippen LogP contribution in [0.5, 0.6) is 0 Å². The molecule has 0 aliphatic rings. The lowest BCUT2D eigenvalue weighted by Crippen LogP contribution is -2.07. The van der Waals surface area contributed by atoms with Crippen molar-refractivity contribution in [1.82, 2.24) is 30.0 Å². The molecule has 3 aromatic heterocycles. The van der Waals surface area contributed by atoms with Gasteiger partial charge in [0, 0.05) is 11.8 Å². The Morgan fingerprint density at radius 2 is 1.88 bits per heavy atom. The highest BCUT2D eigenvalue weighted by Gasteiger charge is 2.20. The maximum Gasteiger partial charge on any atom is 0.205 e. The minimum Gasteiger partial charge on any atom is -0.382 e. The Labute approximate surface area is 192 Å². The third-order valence-corrected chi connectivity index (χ3v) is 5.99. The second-order valence-corrected chi connectivity index (χ2v) is 8.28. The van der Waals surface area contributed by atoms with Gasteiger partial charge in [-0.3, -0.25) is 0 Å². The first kappa shape index (κ1) is 21.0. The molecule has 33 heavy (non-hydrogen) atoms. The number of aromatic nitrogens is 6. The Kier molecular flexibility index (Phi) is 5.71. The molecule has 0 radical (unpaired) electrons. The maximum absolute atomic E-state index is 11.4. The fraction of sp³-hybridized carbons (Fsp3) is 0.231. The molecule has 2 aromatic carbocycles. The number of pyridine rings is 1. The zero-order valence-corrected chi connectivity index (χ0v) is 18.7. The summed E-state index contributed by atoms with van der Waals surface area (Å²) in [5.41, 5.74) is 7.38. The van der Waals surface area contributed by atoms with Gasteiger partial charge >= 0.3 is 0 Å². The van der Waals surface area contributed by atoms with Crippen molar-refractivity contribution in [2.24, 2.45) is 0 Å². The molecule has 3 heterocycles. The number of aliphatic hydroxyl groups is 1. The van der Waals surface area contributed by atoms with E-state index in [1.165, 1.54) is 0 Å². The number of benzene rings is 2. The van der Waals surface area contributed by atoms with Crippen molar-refractivity contribution in [1.29, 1.82) is 0 Å². The quantitative estimate of drug-likeness (QED) is 0.376. The molecule has 0 saturated carbocycles. The number of aromatic amines is 1. The molecule has 7 heteroatoms. The van der Waals surface area contributed by atoms with Gasteiger partial charge in [-0.15, -0.1) is 10.2 Å². The molecule has 0 aliphatic heterocycles. The number of imidazole rings is 1. The number of aryl methyl sites for hydroxylation is 2. The van der Waals surface area contributed by atoms with E-state index in [0.29, 0.717) is 5.82 Å². The van der Waals surface area contributed by atoms with E-state index in [1.807, 2.05) is 72.0 Å². The van der Waals surface area contributed by atoms with Gasteiger partial charge < -0.3 is 9.51 Å². The van der Waals surface area contributed by atoms with E-state index in [0.717, 1.165) is 64.1 Å². The summed E-state index contributed by atoms with van der Waals surface area (Å²) in [7, 11) is 0. The Hall–Kier alpha value is -3.84. The summed E-state index contributed by atoms with van der Waals surface area (Å²) in [5, 5.41) is 26.1. The minimum absolute atomic E-state index is 0.487. The smallest absolute Gasteiger partial charge is 0.205 e. The van der Waals surface area contributed by atoms with Gasteiger partial charge in [-0.05, 0) is 59.4 Å². The summed E-state index contributed by atoms with van der Waals surface area (Å²) in [6.45, 7) is 4.22. The fourth-order valence-corrected chi connectivity index (χ4v) is 4.20. The predicted molar refractivity (Wildman–Crippen MR) is 128 cm³/mol. The van der Waals surface area contributed by atoms with Crippen molar-refractivity contribution in [3.05, 3.63) is 89.4 Å². The number of rotatable bonds is 7. The molecule has 1 unspecified atom stereocenters. The summed E-state index contributed by atoms with van der Waals surface area (Å²) in [5.74, 6) is 0.487. The molecule has 0 spiro atoms. The first-order chi connectivity index (χ1) is 16.2. The van der Waals surface area contributed by atoms with Gasteiger partial charge in [-0.25, -0.2) is 4.98 Å². The van der Waals surface area contributed by atoms with E-state index < -0.39 is 6.10 Å². The molecule has 0 saturated heterocycles. The van der Waals surface area contributed by atoms with Crippen molar-refractivity contribution in [2.45, 2.75) is 39.2 Å². The van der Waals surface area contributed by atoms with E-state index in [2.05, 4.69) is 33.7 Å². The van der Waals surface area contributed by atoms with Crippen LogP contribution in [0.3, 0.4) is 0 Å². The Balaban J connectivity index is 1.60. The van der Waals surface area contributed by atoms with E-state index in [1.54, 1.807) is 0 Å². The van der Waals surface area contributed by atoms with Crippen LogP contribution in [0.15, 0.2) is 66.9 Å². The summed E-state index contributed by atoms with van der Waals surface area (Å²) in [6, 6.07) is 20.0. The molecule has 0 aliphatic carbocycles. The van der Waals surface area contributed by atoms with Gasteiger partial charge in [0.15, 0.2) is 0 Å². The van der Waals surface area contributed by atoms with Crippen LogP contribution in [0, 0.1) is 6.92 Å². The number of unbranched alkanes of at least 4 members (excludes halogenated alkanes) is 1. The van der Waals surface area contributed by atoms with Crippen LogP contribution in [0.1, 0.15) is 48.4 Å². The van der Waals surface area contributed by atoms with Gasteiger partial charge in [0.2, 0.25) is 5.82 Å². The van der Waals surface area contributed by atoms with E-state index in [4.69, 9.17) is 4.98 Å². The molecule has 166 valence electrons. The van der Waals surface area contributed by atoms with Crippen LogP contribution in [-0.2, 0) is 6.42 Å². The summed E-state index contributed by atoms with van der Waals surface area (Å²) in [6.07, 6.45) is 4.36. The van der Waals surface area contributed by atoms with Crippen molar-refractivity contribution in [3.63, 3.8) is 0 Å². The molecule has 5 aromatic rings. The standard InChI is InChI=1S/C26H26N6O/c1-3-4-10-20-16-32-23(14-11-17(2)26(32)27-20)24(33)19-12-13-21(18-8-6-5-7-9-18)22(15-19)25-28-30-31-29-25/h5-9,11-16,24,33H,3-4,10H2,1-2H3,(H,28,29,30,31). The summed E-state index contributed by atoms with van der Waals surface area (Å²) in [4.78, 5) is 4.82. The molecule has 0 amide bonds. The number of aliphatic hydroxyl groups excluding tert-OH is 1. The number of hydrogen-bond donors (Lipinski definition) is 2. The monoisotopic (exact) mass is 438 g/mol. The normalized spacial score (nSPS) is 12.3. The summed E-state index contributed by atoms with van der Waals surface area (Å²) >= 11 is 0. The van der Waals surface area contributed by atoms with Crippen molar-refractivity contribution in [3.8, 4) is 22.5 Å². The van der Waals surface area contributed by atoms with Gasteiger partial charge in [0.05, 0.1) is 11.4 Å². The van der Waals surface area contributed by atoms with Gasteiger partial charge in [0.1, 0.15) is 11.8 Å². The number of fused-ring (bicyclic) bond motifs is 1.